The Morgan fingerprint density at radius 3 is 2.63 bits per heavy atom. The van der Waals surface area contributed by atoms with Gasteiger partial charge in [-0.2, -0.15) is 0 Å². The predicted octanol–water partition coefficient (Wildman–Crippen LogP) is 2.04. The summed E-state index contributed by atoms with van der Waals surface area (Å²) in [5, 5.41) is 9.57. The van der Waals surface area contributed by atoms with Gasteiger partial charge in [-0.05, 0) is 32.0 Å². The molecule has 0 fully saturated rings. The number of nitrogens with zero attached hydrogens (tertiary/aromatic N) is 1. The smallest absolute Gasteiger partial charge is 0.341 e. The lowest BCUT2D eigenvalue weighted by molar-refractivity contribution is 0.0694. The fourth-order valence-corrected chi connectivity index (χ4v) is 2.33. The van der Waals surface area contributed by atoms with Gasteiger partial charge in [0.25, 0.3) is 0 Å². The van der Waals surface area contributed by atoms with E-state index in [-0.39, 0.29) is 5.56 Å². The predicted molar refractivity (Wildman–Crippen MR) is 72.1 cm³/mol. The van der Waals surface area contributed by atoms with Crippen LogP contribution in [0.1, 0.15) is 23.0 Å². The lowest BCUT2D eigenvalue weighted by atomic mass is 10.1. The van der Waals surface area contributed by atoms with Crippen molar-refractivity contribution in [2.24, 2.45) is 0 Å². The first kappa shape index (κ1) is 13.1. The number of fused-ring (bicyclic) bond motifs is 1. The molecule has 1 N–H and O–H groups in total. The summed E-state index contributed by atoms with van der Waals surface area (Å²) in [6, 6.07) is 5.11. The van der Waals surface area contributed by atoms with E-state index in [0.29, 0.717) is 23.4 Å². The molecule has 0 aliphatic rings. The molecule has 2 rings (SSSR count). The topological polar surface area (TPSA) is 68.5 Å². The van der Waals surface area contributed by atoms with Crippen LogP contribution in [0, 0.1) is 6.92 Å². The van der Waals surface area contributed by atoms with Crippen LogP contribution in [0.3, 0.4) is 0 Å². The first-order chi connectivity index (χ1) is 9.01. The third-order valence-electron chi connectivity index (χ3n) is 3.26. The SMILES string of the molecule is CCn1c(C)c(C(=O)O)c(=O)c2cc(OC)ccc21. The van der Waals surface area contributed by atoms with E-state index >= 15 is 0 Å². The van der Waals surface area contributed by atoms with Crippen molar-refractivity contribution in [3.8, 4) is 5.75 Å². The number of aromatic nitrogens is 1. The van der Waals surface area contributed by atoms with E-state index in [1.165, 1.54) is 7.11 Å². The van der Waals surface area contributed by atoms with Crippen molar-refractivity contribution in [2.45, 2.75) is 20.4 Å². The molecule has 2 aromatic rings. The lowest BCUT2D eigenvalue weighted by Gasteiger charge is -2.15. The molecule has 0 atom stereocenters. The van der Waals surface area contributed by atoms with Gasteiger partial charge in [0.1, 0.15) is 11.3 Å². The van der Waals surface area contributed by atoms with Crippen molar-refractivity contribution < 1.29 is 14.6 Å². The number of hydrogen-bond donors (Lipinski definition) is 1. The molecule has 1 heterocycles. The summed E-state index contributed by atoms with van der Waals surface area (Å²) in [4.78, 5) is 23.5. The second-order valence-electron chi connectivity index (χ2n) is 4.22. The summed E-state index contributed by atoms with van der Waals surface area (Å²) >= 11 is 0. The van der Waals surface area contributed by atoms with Crippen LogP contribution >= 0.6 is 0 Å². The van der Waals surface area contributed by atoms with Crippen LogP contribution in [0.2, 0.25) is 0 Å². The minimum Gasteiger partial charge on any atom is -0.497 e. The molecule has 0 aliphatic carbocycles. The minimum atomic E-state index is -1.20. The standard InChI is InChI=1S/C14H15NO4/c1-4-15-8(2)12(14(17)18)13(16)10-7-9(19-3)5-6-11(10)15/h5-7H,4H2,1-3H3,(H,17,18). The van der Waals surface area contributed by atoms with Crippen LogP contribution in [0.15, 0.2) is 23.0 Å². The van der Waals surface area contributed by atoms with Gasteiger partial charge in [-0.3, -0.25) is 4.79 Å². The first-order valence-corrected chi connectivity index (χ1v) is 5.95. The Balaban J connectivity index is 3.00. The fourth-order valence-electron chi connectivity index (χ4n) is 2.33. The summed E-state index contributed by atoms with van der Waals surface area (Å²) < 4.78 is 6.90. The maximum Gasteiger partial charge on any atom is 0.341 e. The lowest BCUT2D eigenvalue weighted by Crippen LogP contribution is -2.22. The van der Waals surface area contributed by atoms with Crippen molar-refractivity contribution >= 4 is 16.9 Å². The summed E-state index contributed by atoms with van der Waals surface area (Å²) in [5.41, 5.74) is 0.541. The molecule has 0 spiro atoms. The highest BCUT2D eigenvalue weighted by molar-refractivity contribution is 5.94. The second-order valence-corrected chi connectivity index (χ2v) is 4.22. The van der Waals surface area contributed by atoms with E-state index in [4.69, 9.17) is 4.74 Å². The Kier molecular flexibility index (Phi) is 3.29. The highest BCUT2D eigenvalue weighted by Crippen LogP contribution is 2.21. The van der Waals surface area contributed by atoms with Crippen LogP contribution < -0.4 is 10.2 Å². The number of aryl methyl sites for hydroxylation is 1. The average Bonchev–Trinajstić information content (AvgIpc) is 2.38. The highest BCUT2D eigenvalue weighted by Gasteiger charge is 2.18. The third kappa shape index (κ3) is 1.97. The number of carbonyl (C=O) groups is 1. The molecular weight excluding hydrogens is 246 g/mol. The number of hydrogen-bond acceptors (Lipinski definition) is 3. The Labute approximate surface area is 110 Å². The number of aromatic carboxylic acids is 1. The van der Waals surface area contributed by atoms with Crippen LogP contribution in [0.25, 0.3) is 10.9 Å². The van der Waals surface area contributed by atoms with Crippen LogP contribution in [-0.4, -0.2) is 22.8 Å². The van der Waals surface area contributed by atoms with E-state index in [0.717, 1.165) is 5.52 Å². The Hall–Kier alpha value is -2.30. The number of carboxylic acids is 1. The molecule has 19 heavy (non-hydrogen) atoms. The Morgan fingerprint density at radius 1 is 1.42 bits per heavy atom. The zero-order valence-electron chi connectivity index (χ0n) is 11.1. The summed E-state index contributed by atoms with van der Waals surface area (Å²) in [5.74, 6) is -0.665. The van der Waals surface area contributed by atoms with Crippen molar-refractivity contribution in [3.63, 3.8) is 0 Å². The molecule has 5 nitrogen and oxygen atoms in total. The number of benzene rings is 1. The second kappa shape index (κ2) is 4.76. The van der Waals surface area contributed by atoms with Gasteiger partial charge in [0.15, 0.2) is 0 Å². The molecule has 0 radical (unpaired) electrons. The van der Waals surface area contributed by atoms with Gasteiger partial charge >= 0.3 is 5.97 Å². The molecule has 0 saturated heterocycles. The molecule has 5 heteroatoms. The quantitative estimate of drug-likeness (QED) is 0.918. The normalized spacial score (nSPS) is 10.7. The molecule has 0 amide bonds. The summed E-state index contributed by atoms with van der Waals surface area (Å²) in [6.45, 7) is 4.15. The molecular formula is C14H15NO4. The molecule has 1 aromatic heterocycles. The monoisotopic (exact) mass is 261 g/mol. The minimum absolute atomic E-state index is 0.178. The number of methoxy groups -OCH3 is 1. The van der Waals surface area contributed by atoms with Crippen LogP contribution in [0.5, 0.6) is 5.75 Å². The molecule has 0 bridgehead atoms. The van der Waals surface area contributed by atoms with Crippen molar-refractivity contribution in [2.75, 3.05) is 7.11 Å². The summed E-state index contributed by atoms with van der Waals surface area (Å²) in [6.07, 6.45) is 0. The van der Waals surface area contributed by atoms with Crippen molar-refractivity contribution in [1.29, 1.82) is 0 Å². The Morgan fingerprint density at radius 2 is 2.11 bits per heavy atom. The van der Waals surface area contributed by atoms with E-state index < -0.39 is 11.4 Å². The average molecular weight is 261 g/mol. The van der Waals surface area contributed by atoms with Gasteiger partial charge in [-0.1, -0.05) is 0 Å². The third-order valence-corrected chi connectivity index (χ3v) is 3.26. The summed E-state index contributed by atoms with van der Waals surface area (Å²) in [7, 11) is 1.51. The first-order valence-electron chi connectivity index (χ1n) is 5.95. The van der Waals surface area contributed by atoms with Gasteiger partial charge in [-0.15, -0.1) is 0 Å². The van der Waals surface area contributed by atoms with Gasteiger partial charge in [0.05, 0.1) is 18.0 Å². The van der Waals surface area contributed by atoms with Crippen LogP contribution in [0.4, 0.5) is 0 Å². The largest absolute Gasteiger partial charge is 0.497 e. The molecule has 0 saturated carbocycles. The van der Waals surface area contributed by atoms with Crippen molar-refractivity contribution in [3.05, 3.63) is 39.7 Å². The van der Waals surface area contributed by atoms with E-state index in [2.05, 4.69) is 0 Å². The van der Waals surface area contributed by atoms with E-state index in [1.54, 1.807) is 25.1 Å². The maximum absolute atomic E-state index is 12.3. The van der Waals surface area contributed by atoms with Crippen molar-refractivity contribution in [1.82, 2.24) is 4.57 Å². The Bertz CT molecular complexity index is 715. The van der Waals surface area contributed by atoms with Crippen LogP contribution in [-0.2, 0) is 6.54 Å². The fraction of sp³-hybridized carbons (Fsp3) is 0.286. The molecule has 100 valence electrons. The van der Waals surface area contributed by atoms with Gasteiger partial charge in [0.2, 0.25) is 5.43 Å². The van der Waals surface area contributed by atoms with E-state index in [1.807, 2.05) is 11.5 Å². The highest BCUT2D eigenvalue weighted by atomic mass is 16.5. The number of carboxylic acid groups (broad SMARTS) is 1. The van der Waals surface area contributed by atoms with Gasteiger partial charge in [0, 0.05) is 12.2 Å². The van der Waals surface area contributed by atoms with Gasteiger partial charge < -0.3 is 14.4 Å². The molecule has 0 unspecified atom stereocenters. The zero-order chi connectivity index (χ0) is 14.2. The molecule has 1 aromatic carbocycles. The van der Waals surface area contributed by atoms with E-state index in [9.17, 15) is 14.7 Å². The maximum atomic E-state index is 12.3. The van der Waals surface area contributed by atoms with Gasteiger partial charge in [-0.25, -0.2) is 4.79 Å². The number of ether oxygens (including phenoxy) is 1. The zero-order valence-corrected chi connectivity index (χ0v) is 11.1. The molecule has 0 aliphatic heterocycles. The number of rotatable bonds is 3. The number of pyridine rings is 1.